The zero-order chi connectivity index (χ0) is 29.3. The fourth-order valence-corrected chi connectivity index (χ4v) is 6.37. The van der Waals surface area contributed by atoms with E-state index in [1.54, 1.807) is 6.92 Å². The summed E-state index contributed by atoms with van der Waals surface area (Å²) in [6, 6.07) is 0.194. The third kappa shape index (κ3) is 6.09. The van der Waals surface area contributed by atoms with Gasteiger partial charge in [-0.1, -0.05) is 6.42 Å². The highest BCUT2D eigenvalue weighted by Gasteiger charge is 2.33. The smallest absolute Gasteiger partial charge is 0.433 e. The molecule has 1 saturated heterocycles. The number of rotatable bonds is 7. The van der Waals surface area contributed by atoms with Crippen LogP contribution in [-0.4, -0.2) is 79.1 Å². The maximum Gasteiger partial charge on any atom is 0.433 e. The van der Waals surface area contributed by atoms with Crippen molar-refractivity contribution in [3.63, 3.8) is 0 Å². The van der Waals surface area contributed by atoms with Crippen LogP contribution in [0.2, 0.25) is 0 Å². The van der Waals surface area contributed by atoms with Gasteiger partial charge in [-0.05, 0) is 64.2 Å². The van der Waals surface area contributed by atoms with Gasteiger partial charge in [0.1, 0.15) is 5.52 Å². The minimum absolute atomic E-state index is 0.0309. The van der Waals surface area contributed by atoms with Gasteiger partial charge in [-0.25, -0.2) is 14.8 Å². The predicted molar refractivity (Wildman–Crippen MR) is 158 cm³/mol. The molecule has 3 heterocycles. The van der Waals surface area contributed by atoms with Gasteiger partial charge in [0.05, 0.1) is 0 Å². The summed E-state index contributed by atoms with van der Waals surface area (Å²) in [5.41, 5.74) is 7.25. The lowest BCUT2D eigenvalue weighted by molar-refractivity contribution is -0.129. The summed E-state index contributed by atoms with van der Waals surface area (Å²) in [4.78, 5) is 45.3. The molecule has 2 aliphatic carbocycles. The van der Waals surface area contributed by atoms with Crippen molar-refractivity contribution in [2.24, 2.45) is 28.5 Å². The Labute approximate surface area is 240 Å². The quantitative estimate of drug-likeness (QED) is 0.261. The molecule has 0 aromatic carbocycles. The Morgan fingerprint density at radius 1 is 1.17 bits per heavy atom. The average Bonchev–Trinajstić information content (AvgIpc) is 3.25. The Kier molecular flexibility index (Phi) is 8.33. The van der Waals surface area contributed by atoms with Crippen LogP contribution in [0.1, 0.15) is 71.5 Å². The van der Waals surface area contributed by atoms with Crippen molar-refractivity contribution >= 4 is 40.8 Å². The molecule has 220 valence electrons. The highest BCUT2D eigenvalue weighted by molar-refractivity contribution is 6.01. The van der Waals surface area contributed by atoms with Gasteiger partial charge in [0, 0.05) is 51.1 Å². The van der Waals surface area contributed by atoms with Crippen molar-refractivity contribution in [1.29, 1.82) is 0 Å². The number of amides is 2. The second-order valence-electron chi connectivity index (χ2n) is 11.9. The van der Waals surface area contributed by atoms with E-state index in [9.17, 15) is 14.7 Å². The molecule has 4 N–H and O–H groups in total. The molecule has 1 aliphatic heterocycles. The number of nitrogens with one attached hydrogen (secondary N) is 1. The molecule has 0 radical (unpaired) electrons. The summed E-state index contributed by atoms with van der Waals surface area (Å²) in [6.07, 6.45) is 11.9. The van der Waals surface area contributed by atoms with Crippen LogP contribution < -0.4 is 16.0 Å². The van der Waals surface area contributed by atoms with Crippen LogP contribution in [-0.2, 0) is 11.3 Å². The van der Waals surface area contributed by atoms with E-state index in [0.29, 0.717) is 48.9 Å². The molecule has 12 heteroatoms. The van der Waals surface area contributed by atoms with E-state index in [1.807, 2.05) is 4.90 Å². The van der Waals surface area contributed by atoms with Crippen LogP contribution in [0.5, 0.6) is 0 Å². The van der Waals surface area contributed by atoms with E-state index >= 15 is 0 Å². The molecule has 3 aliphatic rings. The fraction of sp³-hybridized carbons (Fsp3) is 0.655. The Hall–Kier alpha value is -3.88. The molecule has 2 atom stereocenters. The minimum atomic E-state index is -1.41. The Balaban J connectivity index is 1.61. The molecule has 12 nitrogen and oxygen atoms in total. The molecule has 0 bridgehead atoms. The number of carbonyl (C=O) groups is 2. The van der Waals surface area contributed by atoms with Crippen LogP contribution in [0.15, 0.2) is 4.99 Å². The molecule has 3 fully saturated rings. The van der Waals surface area contributed by atoms with E-state index < -0.39 is 6.09 Å². The monoisotopic (exact) mass is 563 g/mol. The van der Waals surface area contributed by atoms with Gasteiger partial charge in [-0.15, -0.1) is 12.3 Å². The predicted octanol–water partition coefficient (Wildman–Crippen LogP) is 3.31. The number of carboxylic acid groups (broad SMARTS) is 1. The van der Waals surface area contributed by atoms with Crippen LogP contribution >= 0.6 is 0 Å². The maximum atomic E-state index is 12.1. The van der Waals surface area contributed by atoms with Crippen molar-refractivity contribution in [2.75, 3.05) is 29.9 Å². The van der Waals surface area contributed by atoms with Crippen LogP contribution in [0.4, 0.5) is 16.6 Å². The molecule has 41 heavy (non-hydrogen) atoms. The van der Waals surface area contributed by atoms with Crippen LogP contribution in [0, 0.1) is 30.1 Å². The van der Waals surface area contributed by atoms with E-state index in [0.717, 1.165) is 56.5 Å². The number of nitrogens with zero attached hydrogens (tertiary/aromatic N) is 7. The third-order valence-corrected chi connectivity index (χ3v) is 9.10. The number of imidazole rings is 1. The topological polar surface area (TPSA) is 155 Å². The van der Waals surface area contributed by atoms with Gasteiger partial charge in [-0.2, -0.15) is 9.98 Å². The first-order valence-corrected chi connectivity index (χ1v) is 14.7. The standard InChI is InChI=1S/C29H41N9O3/c1-5-20-9-11-21(12-10-20)16-38-23-25(31-18(3)22-7-6-8-22)33-27(24(30)32-29(40)41)34-26(23)35-28(38)37-14-13-36(19(4)39)15-17(37)2/h1,17-18,20-22H,6-16H2,2-4H3,(H2,30,32)(H,40,41)(H,31,33,34). The van der Waals surface area contributed by atoms with Gasteiger partial charge < -0.3 is 30.5 Å². The minimum Gasteiger partial charge on any atom is -0.463 e. The number of terminal acetylenes is 1. The highest BCUT2D eigenvalue weighted by Crippen LogP contribution is 2.36. The summed E-state index contributed by atoms with van der Waals surface area (Å²) < 4.78 is 2.22. The largest absolute Gasteiger partial charge is 0.463 e. The Morgan fingerprint density at radius 3 is 2.49 bits per heavy atom. The average molecular weight is 564 g/mol. The summed E-state index contributed by atoms with van der Waals surface area (Å²) in [5.74, 6) is 5.38. The van der Waals surface area contributed by atoms with Crippen molar-refractivity contribution in [2.45, 2.75) is 84.3 Å². The maximum absolute atomic E-state index is 12.1. The molecule has 2 aromatic rings. The van der Waals surface area contributed by atoms with Crippen molar-refractivity contribution in [3.05, 3.63) is 5.82 Å². The summed E-state index contributed by atoms with van der Waals surface area (Å²) >= 11 is 0. The van der Waals surface area contributed by atoms with Gasteiger partial charge in [-0.3, -0.25) is 4.79 Å². The fourth-order valence-electron chi connectivity index (χ4n) is 6.37. The van der Waals surface area contributed by atoms with Gasteiger partial charge in [0.2, 0.25) is 11.9 Å². The van der Waals surface area contributed by atoms with Crippen molar-refractivity contribution < 1.29 is 14.7 Å². The van der Waals surface area contributed by atoms with Crippen LogP contribution in [0.3, 0.4) is 0 Å². The number of amidine groups is 1. The number of nitrogens with two attached hydrogens (primary N) is 1. The lowest BCUT2D eigenvalue weighted by Crippen LogP contribution is -2.54. The molecule has 5 rings (SSSR count). The number of aliphatic imine (C=N–C) groups is 1. The highest BCUT2D eigenvalue weighted by atomic mass is 16.4. The normalized spacial score (nSPS) is 24.5. The third-order valence-electron chi connectivity index (χ3n) is 9.10. The SMILES string of the molecule is C#CC1CCC(Cn2c(N3CCN(C(C)=O)CC3C)nc3nc(C(N)=NC(=O)O)nc(NC(C)C4CCC4)c32)CC1. The number of hydrogen-bond donors (Lipinski definition) is 3. The Bertz CT molecular complexity index is 1370. The first-order chi connectivity index (χ1) is 19.6. The number of carbonyl (C=O) groups excluding carboxylic acids is 1. The van der Waals surface area contributed by atoms with Crippen molar-refractivity contribution in [1.82, 2.24) is 24.4 Å². The van der Waals surface area contributed by atoms with E-state index in [1.165, 1.54) is 6.42 Å². The zero-order valence-electron chi connectivity index (χ0n) is 24.2. The molecule has 0 spiro atoms. The number of fused-ring (bicyclic) bond motifs is 1. The summed E-state index contributed by atoms with van der Waals surface area (Å²) in [7, 11) is 0. The summed E-state index contributed by atoms with van der Waals surface area (Å²) in [6.45, 7) is 8.43. The van der Waals surface area contributed by atoms with Gasteiger partial charge >= 0.3 is 6.09 Å². The van der Waals surface area contributed by atoms with Crippen LogP contribution in [0.25, 0.3) is 11.2 Å². The van der Waals surface area contributed by atoms with Gasteiger partial charge in [0.15, 0.2) is 23.1 Å². The second-order valence-corrected chi connectivity index (χ2v) is 11.9. The summed E-state index contributed by atoms with van der Waals surface area (Å²) in [5, 5.41) is 12.8. The molecular formula is C29H41N9O3. The second kappa shape index (κ2) is 11.9. The molecule has 2 unspecified atom stereocenters. The molecular weight excluding hydrogens is 522 g/mol. The van der Waals surface area contributed by atoms with E-state index in [4.69, 9.17) is 22.1 Å². The number of aromatic nitrogens is 4. The lowest BCUT2D eigenvalue weighted by atomic mass is 9.80. The number of hydrogen-bond acceptors (Lipinski definition) is 7. The number of piperazine rings is 1. The van der Waals surface area contributed by atoms with E-state index in [2.05, 4.69) is 44.5 Å². The van der Waals surface area contributed by atoms with Gasteiger partial charge in [0.25, 0.3) is 0 Å². The molecule has 2 aromatic heterocycles. The molecule has 2 amide bonds. The first kappa shape index (κ1) is 28.6. The Morgan fingerprint density at radius 2 is 1.90 bits per heavy atom. The lowest BCUT2D eigenvalue weighted by Gasteiger charge is -2.40. The molecule has 2 saturated carbocycles. The van der Waals surface area contributed by atoms with E-state index in [-0.39, 0.29) is 29.7 Å². The van der Waals surface area contributed by atoms with Crippen molar-refractivity contribution in [3.8, 4) is 12.3 Å². The zero-order valence-corrected chi connectivity index (χ0v) is 24.2. The first-order valence-electron chi connectivity index (χ1n) is 14.7. The number of anilines is 2.